The summed E-state index contributed by atoms with van der Waals surface area (Å²) in [6, 6.07) is 12.5. The molecule has 0 radical (unpaired) electrons. The van der Waals surface area contributed by atoms with Gasteiger partial charge in [-0.05, 0) is 76.8 Å². The van der Waals surface area contributed by atoms with Crippen LogP contribution in [-0.2, 0) is 11.3 Å². The summed E-state index contributed by atoms with van der Waals surface area (Å²) in [7, 11) is 0. The lowest BCUT2D eigenvalue weighted by atomic mass is 10.1. The first kappa shape index (κ1) is 28.8. The summed E-state index contributed by atoms with van der Waals surface area (Å²) in [5.41, 5.74) is 1.25. The SMILES string of the molecule is CCC(=O)N=NCc1ccc(OCCCCCOc2ccc(C(=O)N(C(C)C)C(C)C)c(O)c2)cc1. The van der Waals surface area contributed by atoms with Gasteiger partial charge in [0.2, 0.25) is 0 Å². The third-order valence-corrected chi connectivity index (χ3v) is 5.53. The number of nitrogens with zero attached hydrogens (tertiary/aromatic N) is 3. The van der Waals surface area contributed by atoms with Crippen LogP contribution in [0.5, 0.6) is 17.2 Å². The average Bonchev–Trinajstić information content (AvgIpc) is 2.83. The minimum Gasteiger partial charge on any atom is -0.507 e. The van der Waals surface area contributed by atoms with E-state index in [1.807, 2.05) is 52.0 Å². The fourth-order valence-electron chi connectivity index (χ4n) is 3.71. The minimum absolute atomic E-state index is 0.0387. The quantitative estimate of drug-likeness (QED) is 0.248. The molecule has 8 heteroatoms. The standard InChI is InChI=1S/C28H39N3O5/c1-6-27(33)30-29-19-22-10-12-23(13-11-22)35-16-8-7-9-17-36-24-14-15-25(26(32)18-24)28(34)31(20(2)3)21(4)5/h10-15,18,20-21,32H,6-9,16-17,19H2,1-5H3. The number of benzene rings is 2. The van der Waals surface area contributed by atoms with Crippen molar-refractivity contribution < 1.29 is 24.2 Å². The second-order valence-electron chi connectivity index (χ2n) is 9.13. The van der Waals surface area contributed by atoms with Gasteiger partial charge in [0, 0.05) is 24.6 Å². The van der Waals surface area contributed by atoms with Gasteiger partial charge in [-0.2, -0.15) is 5.11 Å². The second kappa shape index (κ2) is 14.9. The van der Waals surface area contributed by atoms with Gasteiger partial charge in [-0.25, -0.2) is 0 Å². The van der Waals surface area contributed by atoms with Crippen molar-refractivity contribution in [3.8, 4) is 17.2 Å². The Kier molecular flexibility index (Phi) is 11.9. The van der Waals surface area contributed by atoms with Crippen LogP contribution in [0, 0.1) is 0 Å². The Morgan fingerprint density at radius 2 is 1.47 bits per heavy atom. The Hall–Kier alpha value is -3.42. The largest absolute Gasteiger partial charge is 0.507 e. The van der Waals surface area contributed by atoms with Crippen molar-refractivity contribution in [3.05, 3.63) is 53.6 Å². The number of phenolic OH excluding ortho intramolecular Hbond substituents is 1. The van der Waals surface area contributed by atoms with Crippen LogP contribution >= 0.6 is 0 Å². The Morgan fingerprint density at radius 1 is 0.889 bits per heavy atom. The summed E-state index contributed by atoms with van der Waals surface area (Å²) >= 11 is 0. The zero-order valence-electron chi connectivity index (χ0n) is 22.1. The van der Waals surface area contributed by atoms with Gasteiger partial charge in [0.1, 0.15) is 17.2 Å². The average molecular weight is 498 g/mol. The van der Waals surface area contributed by atoms with Gasteiger partial charge in [0.25, 0.3) is 11.8 Å². The van der Waals surface area contributed by atoms with Gasteiger partial charge in [-0.1, -0.05) is 19.1 Å². The lowest BCUT2D eigenvalue weighted by Gasteiger charge is -2.31. The summed E-state index contributed by atoms with van der Waals surface area (Å²) in [6.45, 7) is 11.1. The van der Waals surface area contributed by atoms with Crippen molar-refractivity contribution in [1.82, 2.24) is 4.90 Å². The molecule has 0 aliphatic carbocycles. The van der Waals surface area contributed by atoms with Crippen LogP contribution in [0.3, 0.4) is 0 Å². The van der Waals surface area contributed by atoms with Crippen molar-refractivity contribution in [2.24, 2.45) is 10.2 Å². The van der Waals surface area contributed by atoms with Crippen LogP contribution in [-0.4, -0.2) is 47.1 Å². The molecule has 0 atom stereocenters. The van der Waals surface area contributed by atoms with E-state index in [2.05, 4.69) is 10.2 Å². The van der Waals surface area contributed by atoms with E-state index in [9.17, 15) is 14.7 Å². The smallest absolute Gasteiger partial charge is 0.264 e. The van der Waals surface area contributed by atoms with Crippen LogP contribution < -0.4 is 9.47 Å². The van der Waals surface area contributed by atoms with Crippen LogP contribution in [0.2, 0.25) is 0 Å². The van der Waals surface area contributed by atoms with E-state index < -0.39 is 0 Å². The Labute approximate surface area is 214 Å². The molecule has 0 saturated heterocycles. The number of amides is 2. The third-order valence-electron chi connectivity index (χ3n) is 5.53. The third kappa shape index (κ3) is 9.32. The molecule has 2 aromatic rings. The topological polar surface area (TPSA) is 101 Å². The molecular formula is C28H39N3O5. The predicted octanol–water partition coefficient (Wildman–Crippen LogP) is 6.17. The molecular weight excluding hydrogens is 458 g/mol. The predicted molar refractivity (Wildman–Crippen MR) is 140 cm³/mol. The number of aromatic hydroxyl groups is 1. The summed E-state index contributed by atoms with van der Waals surface area (Å²) in [5.74, 6) is 0.853. The van der Waals surface area contributed by atoms with Gasteiger partial charge >= 0.3 is 0 Å². The van der Waals surface area contributed by atoms with Crippen molar-refractivity contribution in [2.45, 2.75) is 78.9 Å². The van der Waals surface area contributed by atoms with E-state index in [4.69, 9.17) is 9.47 Å². The number of unbranched alkanes of at least 4 members (excludes halogenated alkanes) is 2. The van der Waals surface area contributed by atoms with Gasteiger partial charge in [0.05, 0.1) is 25.3 Å². The van der Waals surface area contributed by atoms with E-state index in [0.717, 1.165) is 30.6 Å². The van der Waals surface area contributed by atoms with Crippen LogP contribution in [0.1, 0.15) is 76.2 Å². The fourth-order valence-corrected chi connectivity index (χ4v) is 3.71. The van der Waals surface area contributed by atoms with Gasteiger partial charge < -0.3 is 19.5 Å². The summed E-state index contributed by atoms with van der Waals surface area (Å²) < 4.78 is 11.5. The minimum atomic E-state index is -0.219. The molecule has 8 nitrogen and oxygen atoms in total. The van der Waals surface area contributed by atoms with Gasteiger partial charge in [0.15, 0.2) is 0 Å². The molecule has 196 valence electrons. The second-order valence-corrected chi connectivity index (χ2v) is 9.13. The first-order chi connectivity index (χ1) is 17.2. The molecule has 0 heterocycles. The number of hydrogen-bond acceptors (Lipinski definition) is 6. The Balaban J connectivity index is 1.68. The molecule has 36 heavy (non-hydrogen) atoms. The van der Waals surface area contributed by atoms with Crippen LogP contribution in [0.4, 0.5) is 0 Å². The number of phenols is 1. The first-order valence-corrected chi connectivity index (χ1v) is 12.6. The van der Waals surface area contributed by atoms with Crippen molar-refractivity contribution >= 4 is 11.8 Å². The lowest BCUT2D eigenvalue weighted by Crippen LogP contribution is -2.42. The molecule has 0 aliphatic heterocycles. The van der Waals surface area contributed by atoms with Crippen LogP contribution in [0.25, 0.3) is 0 Å². The van der Waals surface area contributed by atoms with E-state index in [0.29, 0.717) is 31.9 Å². The highest BCUT2D eigenvalue weighted by Gasteiger charge is 2.24. The number of azo groups is 1. The molecule has 0 aromatic heterocycles. The number of carbonyl (C=O) groups excluding carboxylic acids is 2. The molecule has 0 bridgehead atoms. The highest BCUT2D eigenvalue weighted by atomic mass is 16.5. The van der Waals surface area contributed by atoms with E-state index in [-0.39, 0.29) is 35.2 Å². The van der Waals surface area contributed by atoms with E-state index in [1.54, 1.807) is 24.0 Å². The molecule has 0 spiro atoms. The van der Waals surface area contributed by atoms with Crippen LogP contribution in [0.15, 0.2) is 52.7 Å². The summed E-state index contributed by atoms with van der Waals surface area (Å²) in [6.07, 6.45) is 3.03. The monoisotopic (exact) mass is 497 g/mol. The zero-order chi connectivity index (χ0) is 26.5. The van der Waals surface area contributed by atoms with Gasteiger partial charge in [-0.3, -0.25) is 9.59 Å². The summed E-state index contributed by atoms with van der Waals surface area (Å²) in [4.78, 5) is 25.7. The number of rotatable bonds is 14. The molecule has 0 aliphatic rings. The molecule has 1 N–H and O–H groups in total. The first-order valence-electron chi connectivity index (χ1n) is 12.6. The van der Waals surface area contributed by atoms with E-state index >= 15 is 0 Å². The highest BCUT2D eigenvalue weighted by Crippen LogP contribution is 2.26. The Bertz CT molecular complexity index is 995. The lowest BCUT2D eigenvalue weighted by molar-refractivity contribution is -0.118. The van der Waals surface area contributed by atoms with Crippen molar-refractivity contribution in [3.63, 3.8) is 0 Å². The number of hydrogen-bond donors (Lipinski definition) is 1. The zero-order valence-corrected chi connectivity index (χ0v) is 22.1. The number of ether oxygens (including phenoxy) is 2. The molecule has 2 amide bonds. The maximum Gasteiger partial charge on any atom is 0.264 e. The molecule has 2 rings (SSSR count). The molecule has 0 unspecified atom stereocenters. The number of carbonyl (C=O) groups is 2. The molecule has 0 saturated carbocycles. The van der Waals surface area contributed by atoms with E-state index in [1.165, 1.54) is 6.07 Å². The fraction of sp³-hybridized carbons (Fsp3) is 0.500. The maximum atomic E-state index is 12.8. The van der Waals surface area contributed by atoms with Crippen molar-refractivity contribution in [2.75, 3.05) is 13.2 Å². The maximum absolute atomic E-state index is 12.8. The Morgan fingerprint density at radius 3 is 2.03 bits per heavy atom. The normalized spacial score (nSPS) is 11.3. The van der Waals surface area contributed by atoms with Crippen molar-refractivity contribution in [1.29, 1.82) is 0 Å². The summed E-state index contributed by atoms with van der Waals surface area (Å²) in [5, 5.41) is 17.9. The molecule has 0 fully saturated rings. The molecule has 2 aromatic carbocycles. The highest BCUT2D eigenvalue weighted by molar-refractivity contribution is 5.97. The van der Waals surface area contributed by atoms with Gasteiger partial charge in [-0.15, -0.1) is 5.11 Å².